The highest BCUT2D eigenvalue weighted by Crippen LogP contribution is 2.70. The molecule has 2 saturated carbocycles. The first kappa shape index (κ1) is 20.6. The maximum atomic E-state index is 13.0. The molecule has 164 valence electrons. The van der Waals surface area contributed by atoms with E-state index in [9.17, 15) is 18.0 Å². The molecule has 1 amide bonds. The van der Waals surface area contributed by atoms with Crippen molar-refractivity contribution in [3.63, 3.8) is 0 Å². The van der Waals surface area contributed by atoms with Gasteiger partial charge in [-0.05, 0) is 55.9 Å². The topological polar surface area (TPSA) is 51.2 Å². The summed E-state index contributed by atoms with van der Waals surface area (Å²) in [4.78, 5) is 17.0. The Morgan fingerprint density at radius 3 is 2.84 bits per heavy atom. The summed E-state index contributed by atoms with van der Waals surface area (Å²) in [5, 5.41) is 3.39. The molecule has 0 radical (unpaired) electrons. The number of aromatic nitrogens is 1. The largest absolute Gasteiger partial charge is 0.489 e. The second kappa shape index (κ2) is 7.12. The average Bonchev–Trinajstić information content (AvgIpc) is 3.24. The first-order valence-electron chi connectivity index (χ1n) is 10.5. The Kier molecular flexibility index (Phi) is 4.73. The fraction of sp³-hybridized carbons (Fsp3) is 0.478. The lowest BCUT2D eigenvalue weighted by Gasteiger charge is -2.32. The van der Waals surface area contributed by atoms with E-state index in [2.05, 4.69) is 10.3 Å². The van der Waals surface area contributed by atoms with Crippen molar-refractivity contribution in [1.29, 1.82) is 0 Å². The lowest BCUT2D eigenvalue weighted by molar-refractivity contribution is -0.137. The molecule has 0 bridgehead atoms. The van der Waals surface area contributed by atoms with E-state index in [1.807, 2.05) is 6.92 Å². The van der Waals surface area contributed by atoms with E-state index in [0.717, 1.165) is 37.0 Å². The van der Waals surface area contributed by atoms with Crippen LogP contribution < -0.4 is 10.1 Å². The van der Waals surface area contributed by atoms with Crippen molar-refractivity contribution in [3.05, 3.63) is 52.7 Å². The molecular weight excluding hydrogens is 429 g/mol. The quantitative estimate of drug-likeness (QED) is 0.636. The zero-order valence-electron chi connectivity index (χ0n) is 16.9. The smallest absolute Gasteiger partial charge is 0.416 e. The van der Waals surface area contributed by atoms with Crippen LogP contribution in [0.5, 0.6) is 5.75 Å². The van der Waals surface area contributed by atoms with Crippen molar-refractivity contribution in [2.24, 2.45) is 17.8 Å². The third-order valence-electron chi connectivity index (χ3n) is 7.30. The van der Waals surface area contributed by atoms with E-state index in [1.54, 1.807) is 18.2 Å². The molecule has 2 aliphatic carbocycles. The molecule has 8 heteroatoms. The van der Waals surface area contributed by atoms with Gasteiger partial charge in [0.1, 0.15) is 17.7 Å². The number of carbonyl (C=O) groups excluding carboxylic acids is 1. The minimum absolute atomic E-state index is 0.0554. The second-order valence-electron chi connectivity index (χ2n) is 8.79. The minimum atomic E-state index is -4.37. The van der Waals surface area contributed by atoms with Crippen molar-refractivity contribution in [2.75, 3.05) is 5.32 Å². The van der Waals surface area contributed by atoms with Crippen LogP contribution in [0, 0.1) is 17.8 Å². The molecule has 1 aromatic carbocycles. The molecule has 3 aliphatic rings. The maximum absolute atomic E-state index is 13.0. The van der Waals surface area contributed by atoms with Gasteiger partial charge in [0, 0.05) is 29.0 Å². The van der Waals surface area contributed by atoms with Crippen LogP contribution in [-0.2, 0) is 16.4 Å². The Balaban J connectivity index is 1.29. The highest BCUT2D eigenvalue weighted by molar-refractivity contribution is 6.30. The van der Waals surface area contributed by atoms with Crippen LogP contribution >= 0.6 is 11.6 Å². The van der Waals surface area contributed by atoms with E-state index in [1.165, 1.54) is 6.20 Å². The number of alkyl halides is 3. The molecule has 5 rings (SSSR count). The monoisotopic (exact) mass is 450 g/mol. The number of benzene rings is 1. The summed E-state index contributed by atoms with van der Waals surface area (Å²) >= 11 is 5.85. The number of pyridine rings is 1. The van der Waals surface area contributed by atoms with E-state index < -0.39 is 11.7 Å². The summed E-state index contributed by atoms with van der Waals surface area (Å²) in [5.41, 5.74) is 0.0483. The summed E-state index contributed by atoms with van der Waals surface area (Å²) in [5.74, 6) is 1.10. The zero-order valence-corrected chi connectivity index (χ0v) is 17.6. The summed E-state index contributed by atoms with van der Waals surface area (Å²) in [7, 11) is 0. The zero-order chi connectivity index (χ0) is 22.0. The fourth-order valence-corrected chi connectivity index (χ4v) is 5.88. The first-order chi connectivity index (χ1) is 14.7. The summed E-state index contributed by atoms with van der Waals surface area (Å²) in [6.07, 6.45) is 0.263. The number of ether oxygens (including phenoxy) is 1. The van der Waals surface area contributed by atoms with E-state index >= 15 is 0 Å². The number of anilines is 1. The molecule has 1 N–H and O–H groups in total. The molecule has 2 heterocycles. The number of halogens is 4. The molecule has 2 fully saturated rings. The van der Waals surface area contributed by atoms with Crippen molar-refractivity contribution >= 4 is 23.3 Å². The van der Waals surface area contributed by atoms with Gasteiger partial charge in [-0.15, -0.1) is 0 Å². The Morgan fingerprint density at radius 1 is 1.35 bits per heavy atom. The van der Waals surface area contributed by atoms with Crippen molar-refractivity contribution in [2.45, 2.75) is 50.3 Å². The van der Waals surface area contributed by atoms with Gasteiger partial charge in [0.25, 0.3) is 0 Å². The molecule has 0 saturated heterocycles. The van der Waals surface area contributed by atoms with Gasteiger partial charge >= 0.3 is 6.18 Å². The standard InChI is InChI=1S/C23H22ClF3N2O2/c1-2-15(21(30)29-19-6-4-14(24)11-28-19)12-7-8-22-16-5-3-13(23(25,26)27)10-18(16)31-20(22)17(22)9-12/h3-6,10-12,15,17,20H,2,7-9H2,1H3,(H,28,29,30)/t12-,15+,17?,20?,22+/m1/s1. The summed E-state index contributed by atoms with van der Waals surface area (Å²) in [6, 6.07) is 7.23. The van der Waals surface area contributed by atoms with Crippen LogP contribution in [0.2, 0.25) is 5.02 Å². The van der Waals surface area contributed by atoms with Gasteiger partial charge in [-0.25, -0.2) is 4.98 Å². The first-order valence-corrected chi connectivity index (χ1v) is 10.9. The molecule has 1 spiro atoms. The lowest BCUT2D eigenvalue weighted by atomic mass is 9.72. The number of rotatable bonds is 4. The maximum Gasteiger partial charge on any atom is 0.416 e. The van der Waals surface area contributed by atoms with E-state index in [4.69, 9.17) is 16.3 Å². The van der Waals surface area contributed by atoms with Gasteiger partial charge in [0.15, 0.2) is 0 Å². The summed E-state index contributed by atoms with van der Waals surface area (Å²) < 4.78 is 45.0. The van der Waals surface area contributed by atoms with Crippen LogP contribution in [-0.4, -0.2) is 17.0 Å². The third-order valence-corrected chi connectivity index (χ3v) is 7.52. The Labute approximate surface area is 183 Å². The van der Waals surface area contributed by atoms with Crippen LogP contribution in [0.15, 0.2) is 36.5 Å². The molecule has 2 unspecified atom stereocenters. The Hall–Kier alpha value is -2.28. The van der Waals surface area contributed by atoms with Gasteiger partial charge in [0.05, 0.1) is 10.6 Å². The van der Waals surface area contributed by atoms with Crippen LogP contribution in [0.25, 0.3) is 0 Å². The molecule has 1 aromatic heterocycles. The number of hydrogen-bond acceptors (Lipinski definition) is 3. The number of nitrogens with one attached hydrogen (secondary N) is 1. The van der Waals surface area contributed by atoms with Crippen molar-refractivity contribution in [3.8, 4) is 5.75 Å². The van der Waals surface area contributed by atoms with Crippen molar-refractivity contribution < 1.29 is 22.7 Å². The fourth-order valence-electron chi connectivity index (χ4n) is 5.77. The average molecular weight is 451 g/mol. The Bertz CT molecular complexity index is 1030. The predicted molar refractivity (Wildman–Crippen MR) is 110 cm³/mol. The molecular formula is C23H22ClF3N2O2. The van der Waals surface area contributed by atoms with E-state index in [0.29, 0.717) is 23.0 Å². The molecule has 4 nitrogen and oxygen atoms in total. The van der Waals surface area contributed by atoms with Crippen LogP contribution in [0.3, 0.4) is 0 Å². The lowest BCUT2D eigenvalue weighted by Crippen LogP contribution is -2.33. The van der Waals surface area contributed by atoms with E-state index in [-0.39, 0.29) is 35.2 Å². The minimum Gasteiger partial charge on any atom is -0.489 e. The highest BCUT2D eigenvalue weighted by atomic mass is 35.5. The third kappa shape index (κ3) is 3.28. The number of carbonyl (C=O) groups is 1. The van der Waals surface area contributed by atoms with Crippen LogP contribution in [0.4, 0.5) is 19.0 Å². The van der Waals surface area contributed by atoms with Gasteiger partial charge < -0.3 is 10.1 Å². The molecule has 5 atom stereocenters. The van der Waals surface area contributed by atoms with Gasteiger partial charge in [-0.3, -0.25) is 4.79 Å². The predicted octanol–water partition coefficient (Wildman–Crippen LogP) is 5.85. The number of nitrogens with zero attached hydrogens (tertiary/aromatic N) is 1. The van der Waals surface area contributed by atoms with Crippen molar-refractivity contribution in [1.82, 2.24) is 4.98 Å². The van der Waals surface area contributed by atoms with Gasteiger partial charge in [-0.1, -0.05) is 24.6 Å². The van der Waals surface area contributed by atoms with Crippen LogP contribution in [0.1, 0.15) is 43.7 Å². The SMILES string of the molecule is CC[C@H](C(=O)Nc1ccc(Cl)cn1)[C@@H]1CC[C@@]23c4ccc(C(F)(F)F)cc4OC2C3C1. The molecule has 1 aliphatic heterocycles. The Morgan fingerprint density at radius 2 is 2.16 bits per heavy atom. The van der Waals surface area contributed by atoms with Gasteiger partial charge in [-0.2, -0.15) is 13.2 Å². The number of amides is 1. The molecule has 2 aromatic rings. The summed E-state index contributed by atoms with van der Waals surface area (Å²) in [6.45, 7) is 2.00. The normalized spacial score (nSPS) is 29.3. The number of hydrogen-bond donors (Lipinski definition) is 1. The van der Waals surface area contributed by atoms with Gasteiger partial charge in [0.2, 0.25) is 5.91 Å². The second-order valence-corrected chi connectivity index (χ2v) is 9.23. The number of fused-ring (bicyclic) bond motifs is 2. The molecule has 31 heavy (non-hydrogen) atoms. The highest BCUT2D eigenvalue weighted by Gasteiger charge is 2.73.